The second-order valence-electron chi connectivity index (χ2n) is 4.85. The van der Waals surface area contributed by atoms with Crippen LogP contribution in [0.25, 0.3) is 0 Å². The molecule has 1 aliphatic rings. The lowest BCUT2D eigenvalue weighted by molar-refractivity contribution is 0.0630. The minimum absolute atomic E-state index is 0.155. The Balaban J connectivity index is 1.62. The van der Waals surface area contributed by atoms with Crippen molar-refractivity contribution in [3.05, 3.63) is 24.3 Å². The first-order valence-corrected chi connectivity index (χ1v) is 6.72. The maximum absolute atomic E-state index is 11.8. The summed E-state index contributed by atoms with van der Waals surface area (Å²) in [4.78, 5) is 19.5. The van der Waals surface area contributed by atoms with Crippen molar-refractivity contribution in [3.8, 4) is 0 Å². The van der Waals surface area contributed by atoms with Crippen LogP contribution in [-0.4, -0.2) is 29.0 Å². The highest BCUT2D eigenvalue weighted by Gasteiger charge is 2.13. The molecule has 0 unspecified atom stereocenters. The van der Waals surface area contributed by atoms with Gasteiger partial charge >= 0.3 is 0 Å². The molecule has 1 aromatic rings. The van der Waals surface area contributed by atoms with Gasteiger partial charge in [-0.05, 0) is 25.2 Å². The Morgan fingerprint density at radius 1 is 1.22 bits per heavy atom. The normalized spacial score (nSPS) is 16.7. The maximum Gasteiger partial charge on any atom is 0.165 e. The molecule has 0 saturated carbocycles. The quantitative estimate of drug-likeness (QED) is 0.573. The van der Waals surface area contributed by atoms with Gasteiger partial charge in [0.25, 0.3) is 0 Å². The topological polar surface area (TPSA) is 52.1 Å². The number of nitrogens with zero attached hydrogens (tertiary/aromatic N) is 2. The second kappa shape index (κ2) is 7.21. The number of ketones is 1. The summed E-state index contributed by atoms with van der Waals surface area (Å²) in [7, 11) is 0. The van der Waals surface area contributed by atoms with E-state index in [1.54, 1.807) is 12.4 Å². The third-order valence-corrected chi connectivity index (χ3v) is 3.49. The Hall–Kier alpha value is -1.29. The van der Waals surface area contributed by atoms with Crippen LogP contribution in [0, 0.1) is 5.92 Å². The van der Waals surface area contributed by atoms with Gasteiger partial charge in [0.05, 0.1) is 5.56 Å². The van der Waals surface area contributed by atoms with E-state index in [0.29, 0.717) is 12.0 Å². The minimum Gasteiger partial charge on any atom is -0.381 e. The van der Waals surface area contributed by atoms with Crippen LogP contribution in [0.5, 0.6) is 0 Å². The zero-order valence-corrected chi connectivity index (χ0v) is 10.7. The number of ether oxygens (including phenoxy) is 1. The summed E-state index contributed by atoms with van der Waals surface area (Å²) in [5, 5.41) is 0. The van der Waals surface area contributed by atoms with Crippen molar-refractivity contribution < 1.29 is 9.53 Å². The Labute approximate surface area is 108 Å². The maximum atomic E-state index is 11.8. The van der Waals surface area contributed by atoms with Crippen molar-refractivity contribution in [1.29, 1.82) is 0 Å². The zero-order valence-electron chi connectivity index (χ0n) is 10.7. The van der Waals surface area contributed by atoms with E-state index in [0.717, 1.165) is 32.0 Å². The van der Waals surface area contributed by atoms with Gasteiger partial charge < -0.3 is 4.74 Å². The molecule has 1 aliphatic heterocycles. The first-order valence-electron chi connectivity index (χ1n) is 6.72. The summed E-state index contributed by atoms with van der Waals surface area (Å²) >= 11 is 0. The van der Waals surface area contributed by atoms with Gasteiger partial charge in [0.1, 0.15) is 6.33 Å². The summed E-state index contributed by atoms with van der Waals surface area (Å²) in [5.74, 6) is 0.955. The monoisotopic (exact) mass is 248 g/mol. The van der Waals surface area contributed by atoms with E-state index in [2.05, 4.69) is 9.97 Å². The molecule has 18 heavy (non-hydrogen) atoms. The highest BCUT2D eigenvalue weighted by molar-refractivity contribution is 5.95. The summed E-state index contributed by atoms with van der Waals surface area (Å²) in [5.41, 5.74) is 0.628. The molecule has 1 fully saturated rings. The smallest absolute Gasteiger partial charge is 0.165 e. The van der Waals surface area contributed by atoms with Gasteiger partial charge in [0, 0.05) is 32.0 Å². The molecule has 98 valence electrons. The van der Waals surface area contributed by atoms with E-state index in [4.69, 9.17) is 4.74 Å². The van der Waals surface area contributed by atoms with Gasteiger partial charge in [0.15, 0.2) is 5.78 Å². The van der Waals surface area contributed by atoms with Crippen LogP contribution in [-0.2, 0) is 4.74 Å². The fraction of sp³-hybridized carbons (Fsp3) is 0.643. The Bertz CT molecular complexity index is 361. The summed E-state index contributed by atoms with van der Waals surface area (Å²) in [6, 6.07) is 0. The average molecular weight is 248 g/mol. The number of Topliss-reactive ketones (excluding diaryl/α,β-unsaturated/α-hetero) is 1. The largest absolute Gasteiger partial charge is 0.381 e. The predicted octanol–water partition coefficient (Wildman–Crippen LogP) is 2.65. The highest BCUT2D eigenvalue weighted by Crippen LogP contribution is 2.21. The van der Waals surface area contributed by atoms with Crippen LogP contribution in [0.1, 0.15) is 48.9 Å². The molecule has 0 spiro atoms. The van der Waals surface area contributed by atoms with Crippen LogP contribution in [0.3, 0.4) is 0 Å². The lowest BCUT2D eigenvalue weighted by Gasteiger charge is -2.21. The minimum atomic E-state index is 0.155. The molecule has 4 nitrogen and oxygen atoms in total. The number of rotatable bonds is 6. The van der Waals surface area contributed by atoms with E-state index in [9.17, 15) is 4.79 Å². The van der Waals surface area contributed by atoms with Gasteiger partial charge in [-0.25, -0.2) is 9.97 Å². The molecule has 4 heteroatoms. The van der Waals surface area contributed by atoms with Crippen LogP contribution < -0.4 is 0 Å². The van der Waals surface area contributed by atoms with Crippen LogP contribution in [0.4, 0.5) is 0 Å². The number of hydrogen-bond acceptors (Lipinski definition) is 4. The lowest BCUT2D eigenvalue weighted by Crippen LogP contribution is -2.15. The van der Waals surface area contributed by atoms with Crippen molar-refractivity contribution in [2.45, 2.75) is 38.5 Å². The number of carbonyl (C=O) groups excluding carboxylic acids is 1. The standard InChI is InChI=1S/C14H20N2O2/c17-14(13-9-15-11-16-10-13)4-2-1-3-12-5-7-18-8-6-12/h9-12H,1-8H2. The molecular weight excluding hydrogens is 228 g/mol. The second-order valence-corrected chi connectivity index (χ2v) is 4.85. The van der Waals surface area contributed by atoms with Crippen molar-refractivity contribution in [3.63, 3.8) is 0 Å². The van der Waals surface area contributed by atoms with Crippen LogP contribution in [0.15, 0.2) is 18.7 Å². The van der Waals surface area contributed by atoms with E-state index in [1.165, 1.54) is 25.6 Å². The molecule has 2 heterocycles. The fourth-order valence-corrected chi connectivity index (χ4v) is 2.34. The molecule has 0 radical (unpaired) electrons. The van der Waals surface area contributed by atoms with Gasteiger partial charge in [-0.1, -0.05) is 12.8 Å². The first-order chi connectivity index (χ1) is 8.86. The third-order valence-electron chi connectivity index (χ3n) is 3.49. The third kappa shape index (κ3) is 4.18. The molecule has 1 aromatic heterocycles. The van der Waals surface area contributed by atoms with Crippen molar-refractivity contribution >= 4 is 5.78 Å². The van der Waals surface area contributed by atoms with Crippen molar-refractivity contribution in [1.82, 2.24) is 9.97 Å². The molecule has 0 amide bonds. The zero-order chi connectivity index (χ0) is 12.6. The predicted molar refractivity (Wildman–Crippen MR) is 68.4 cm³/mol. The van der Waals surface area contributed by atoms with Gasteiger partial charge in [-0.3, -0.25) is 4.79 Å². The SMILES string of the molecule is O=C(CCCCC1CCOCC1)c1cncnc1. The van der Waals surface area contributed by atoms with Crippen molar-refractivity contribution in [2.75, 3.05) is 13.2 Å². The molecule has 0 bridgehead atoms. The molecule has 0 aliphatic carbocycles. The van der Waals surface area contributed by atoms with Gasteiger partial charge in [-0.15, -0.1) is 0 Å². The first kappa shape index (κ1) is 13.1. The lowest BCUT2D eigenvalue weighted by atomic mass is 9.93. The summed E-state index contributed by atoms with van der Waals surface area (Å²) < 4.78 is 5.33. The number of unbranched alkanes of at least 4 members (excludes halogenated alkanes) is 1. The Morgan fingerprint density at radius 2 is 1.94 bits per heavy atom. The van der Waals surface area contributed by atoms with E-state index < -0.39 is 0 Å². The van der Waals surface area contributed by atoms with E-state index in [1.807, 2.05) is 0 Å². The van der Waals surface area contributed by atoms with E-state index >= 15 is 0 Å². The molecule has 0 N–H and O–H groups in total. The Kier molecular flexibility index (Phi) is 5.27. The van der Waals surface area contributed by atoms with E-state index in [-0.39, 0.29) is 5.78 Å². The highest BCUT2D eigenvalue weighted by atomic mass is 16.5. The summed E-state index contributed by atoms with van der Waals surface area (Å²) in [6.45, 7) is 1.82. The molecule has 0 atom stereocenters. The Morgan fingerprint density at radius 3 is 2.67 bits per heavy atom. The molecule has 1 saturated heterocycles. The van der Waals surface area contributed by atoms with Gasteiger partial charge in [0.2, 0.25) is 0 Å². The number of carbonyl (C=O) groups is 1. The summed E-state index contributed by atoms with van der Waals surface area (Å²) in [6.07, 6.45) is 10.9. The number of aromatic nitrogens is 2. The molecular formula is C14H20N2O2. The molecule has 2 rings (SSSR count). The van der Waals surface area contributed by atoms with Crippen LogP contribution in [0.2, 0.25) is 0 Å². The molecule has 0 aromatic carbocycles. The van der Waals surface area contributed by atoms with Gasteiger partial charge in [-0.2, -0.15) is 0 Å². The number of hydrogen-bond donors (Lipinski definition) is 0. The van der Waals surface area contributed by atoms with Crippen molar-refractivity contribution in [2.24, 2.45) is 5.92 Å². The fourth-order valence-electron chi connectivity index (χ4n) is 2.34. The van der Waals surface area contributed by atoms with Crippen LogP contribution >= 0.6 is 0 Å². The average Bonchev–Trinajstić information content (AvgIpc) is 2.45.